The number of rotatable bonds is 5. The van der Waals surface area contributed by atoms with Gasteiger partial charge in [-0.25, -0.2) is 9.59 Å². The van der Waals surface area contributed by atoms with Crippen molar-refractivity contribution in [3.8, 4) is 5.75 Å². The van der Waals surface area contributed by atoms with Gasteiger partial charge in [-0.3, -0.25) is 0 Å². The second-order valence-corrected chi connectivity index (χ2v) is 6.89. The molecule has 7 heteroatoms. The number of hydrogen-bond acceptors (Lipinski definition) is 5. The van der Waals surface area contributed by atoms with Crippen molar-refractivity contribution < 1.29 is 18.7 Å². The van der Waals surface area contributed by atoms with E-state index >= 15 is 0 Å². The molecule has 0 amide bonds. The average Bonchev–Trinajstić information content (AvgIpc) is 2.60. The average molecular weight is 407 g/mol. The first-order valence-corrected chi connectivity index (χ1v) is 8.86. The zero-order chi connectivity index (χ0) is 19.6. The molecular formula is C20H16Cl2O5. The monoisotopic (exact) mass is 406 g/mol. The number of fused-ring (bicyclic) bond motifs is 1. The Morgan fingerprint density at radius 3 is 2.59 bits per heavy atom. The molecule has 5 nitrogen and oxygen atoms in total. The molecule has 0 saturated carbocycles. The summed E-state index contributed by atoms with van der Waals surface area (Å²) in [6.45, 7) is 3.28. The fourth-order valence-corrected chi connectivity index (χ4v) is 2.97. The Hall–Kier alpha value is -2.50. The molecule has 2 aromatic carbocycles. The van der Waals surface area contributed by atoms with Crippen LogP contribution in [0.25, 0.3) is 11.0 Å². The maximum atomic E-state index is 12.0. The molecule has 0 spiro atoms. The first-order valence-electron chi connectivity index (χ1n) is 8.11. The summed E-state index contributed by atoms with van der Waals surface area (Å²) in [5.74, 6) is -0.0200. The third-order valence-corrected chi connectivity index (χ3v) is 4.62. The molecule has 140 valence electrons. The van der Waals surface area contributed by atoms with E-state index < -0.39 is 11.6 Å². The Morgan fingerprint density at radius 1 is 1.07 bits per heavy atom. The number of hydrogen-bond donors (Lipinski definition) is 0. The van der Waals surface area contributed by atoms with Gasteiger partial charge >= 0.3 is 11.6 Å². The van der Waals surface area contributed by atoms with Gasteiger partial charge in [0, 0.05) is 27.1 Å². The van der Waals surface area contributed by atoms with Crippen molar-refractivity contribution in [2.24, 2.45) is 0 Å². The van der Waals surface area contributed by atoms with Gasteiger partial charge < -0.3 is 13.9 Å². The molecule has 3 rings (SSSR count). The third kappa shape index (κ3) is 4.62. The maximum absolute atomic E-state index is 12.0. The summed E-state index contributed by atoms with van der Waals surface area (Å²) in [4.78, 5) is 23.8. The Morgan fingerprint density at radius 2 is 1.85 bits per heavy atom. The van der Waals surface area contributed by atoms with Gasteiger partial charge in [-0.05, 0) is 55.3 Å². The van der Waals surface area contributed by atoms with Gasteiger partial charge in [0.15, 0.2) is 6.61 Å². The fraction of sp³-hybridized carbons (Fsp3) is 0.200. The number of ether oxygens (including phenoxy) is 2. The number of carbonyl (C=O) groups excluding carboxylic acids is 1. The number of esters is 1. The molecular weight excluding hydrogens is 391 g/mol. The van der Waals surface area contributed by atoms with Crippen molar-refractivity contribution in [2.75, 3.05) is 6.61 Å². The summed E-state index contributed by atoms with van der Waals surface area (Å²) in [7, 11) is 0. The first-order chi connectivity index (χ1) is 12.8. The summed E-state index contributed by atoms with van der Waals surface area (Å²) >= 11 is 12.0. The normalized spacial score (nSPS) is 10.8. The lowest BCUT2D eigenvalue weighted by Crippen LogP contribution is -2.15. The van der Waals surface area contributed by atoms with Crippen LogP contribution in [0.15, 0.2) is 45.6 Å². The topological polar surface area (TPSA) is 65.7 Å². The van der Waals surface area contributed by atoms with Crippen LogP contribution in [-0.2, 0) is 16.1 Å². The van der Waals surface area contributed by atoms with Gasteiger partial charge in [0.25, 0.3) is 0 Å². The first kappa shape index (κ1) is 19.3. The van der Waals surface area contributed by atoms with Gasteiger partial charge in [0.1, 0.15) is 17.9 Å². The predicted molar refractivity (Wildman–Crippen MR) is 104 cm³/mol. The molecule has 0 radical (unpaired) electrons. The van der Waals surface area contributed by atoms with Gasteiger partial charge in [0.05, 0.1) is 0 Å². The summed E-state index contributed by atoms with van der Waals surface area (Å²) in [5.41, 5.74) is 1.98. The predicted octanol–water partition coefficient (Wildman–Crippen LogP) is 4.84. The van der Waals surface area contributed by atoms with E-state index in [9.17, 15) is 9.59 Å². The lowest BCUT2D eigenvalue weighted by atomic mass is 10.1. The van der Waals surface area contributed by atoms with Crippen LogP contribution in [-0.4, -0.2) is 12.6 Å². The number of halogens is 2. The molecule has 0 bridgehead atoms. The van der Waals surface area contributed by atoms with Crippen LogP contribution in [0.2, 0.25) is 10.0 Å². The highest BCUT2D eigenvalue weighted by Crippen LogP contribution is 2.26. The molecule has 27 heavy (non-hydrogen) atoms. The Kier molecular flexibility index (Phi) is 5.73. The van der Waals surface area contributed by atoms with Crippen molar-refractivity contribution in [3.63, 3.8) is 0 Å². The van der Waals surface area contributed by atoms with E-state index in [0.29, 0.717) is 32.3 Å². The van der Waals surface area contributed by atoms with Gasteiger partial charge in [-0.1, -0.05) is 23.2 Å². The SMILES string of the molecule is Cc1cc2oc(=O)cc(COC(=O)COc3ccc(Cl)cc3C)c2cc1Cl. The van der Waals surface area contributed by atoms with Crippen LogP contribution in [0.4, 0.5) is 0 Å². The highest BCUT2D eigenvalue weighted by Gasteiger charge is 2.12. The summed E-state index contributed by atoms with van der Waals surface area (Å²) in [6, 6.07) is 9.75. The molecule has 0 aliphatic heterocycles. The molecule has 0 aliphatic rings. The third-order valence-electron chi connectivity index (χ3n) is 3.98. The lowest BCUT2D eigenvalue weighted by Gasteiger charge is -2.10. The highest BCUT2D eigenvalue weighted by atomic mass is 35.5. The smallest absolute Gasteiger partial charge is 0.344 e. The summed E-state index contributed by atoms with van der Waals surface area (Å²) in [6.07, 6.45) is 0. The minimum Gasteiger partial charge on any atom is -0.482 e. The molecule has 1 aromatic heterocycles. The molecule has 0 atom stereocenters. The van der Waals surface area contributed by atoms with Crippen LogP contribution in [0.1, 0.15) is 16.7 Å². The van der Waals surface area contributed by atoms with E-state index in [1.54, 1.807) is 30.3 Å². The Balaban J connectivity index is 1.70. The van der Waals surface area contributed by atoms with Crippen molar-refractivity contribution in [1.29, 1.82) is 0 Å². The molecule has 0 saturated heterocycles. The number of aryl methyl sites for hydroxylation is 2. The van der Waals surface area contributed by atoms with E-state index in [0.717, 1.165) is 11.1 Å². The number of carbonyl (C=O) groups is 1. The van der Waals surface area contributed by atoms with Gasteiger partial charge in [-0.2, -0.15) is 0 Å². The second-order valence-electron chi connectivity index (χ2n) is 6.05. The van der Waals surface area contributed by atoms with Crippen molar-refractivity contribution >= 4 is 40.1 Å². The molecule has 0 N–H and O–H groups in total. The second kappa shape index (κ2) is 8.03. The Bertz CT molecular complexity index is 1070. The van der Waals surface area contributed by atoms with Crippen LogP contribution in [0, 0.1) is 13.8 Å². The van der Waals surface area contributed by atoms with Crippen LogP contribution >= 0.6 is 23.2 Å². The standard InChI is InChI=1S/C20H16Cl2O5/c1-11-6-18-15(8-16(11)22)13(7-19(23)27-18)9-26-20(24)10-25-17-4-3-14(21)5-12(17)2/h3-8H,9-10H2,1-2H3. The zero-order valence-corrected chi connectivity index (χ0v) is 16.2. The van der Waals surface area contributed by atoms with Crippen LogP contribution < -0.4 is 10.4 Å². The lowest BCUT2D eigenvalue weighted by molar-refractivity contribution is -0.147. The van der Waals surface area contributed by atoms with Gasteiger partial charge in [-0.15, -0.1) is 0 Å². The largest absolute Gasteiger partial charge is 0.482 e. The van der Waals surface area contributed by atoms with E-state index in [-0.39, 0.29) is 13.2 Å². The van der Waals surface area contributed by atoms with Crippen LogP contribution in [0.3, 0.4) is 0 Å². The molecule has 1 heterocycles. The number of benzene rings is 2. The minimum absolute atomic E-state index is 0.0940. The summed E-state index contributed by atoms with van der Waals surface area (Å²) in [5, 5.41) is 1.74. The molecule has 0 aliphatic carbocycles. The quantitative estimate of drug-likeness (QED) is 0.447. The van der Waals surface area contributed by atoms with Crippen molar-refractivity contribution in [2.45, 2.75) is 20.5 Å². The summed E-state index contributed by atoms with van der Waals surface area (Å²) < 4.78 is 15.9. The van der Waals surface area contributed by atoms with Gasteiger partial charge in [0.2, 0.25) is 0 Å². The van der Waals surface area contributed by atoms with E-state index in [2.05, 4.69) is 0 Å². The van der Waals surface area contributed by atoms with E-state index in [1.807, 2.05) is 13.8 Å². The van der Waals surface area contributed by atoms with E-state index in [4.69, 9.17) is 37.1 Å². The van der Waals surface area contributed by atoms with E-state index in [1.165, 1.54) is 6.07 Å². The zero-order valence-electron chi connectivity index (χ0n) is 14.7. The minimum atomic E-state index is -0.566. The fourth-order valence-electron chi connectivity index (χ4n) is 2.58. The maximum Gasteiger partial charge on any atom is 0.344 e. The highest BCUT2D eigenvalue weighted by molar-refractivity contribution is 6.32. The Labute approximate surface area is 165 Å². The molecule has 0 unspecified atom stereocenters. The van der Waals surface area contributed by atoms with Crippen LogP contribution in [0.5, 0.6) is 5.75 Å². The van der Waals surface area contributed by atoms with Crippen molar-refractivity contribution in [3.05, 3.63) is 73.6 Å². The molecule has 3 aromatic rings. The van der Waals surface area contributed by atoms with Crippen molar-refractivity contribution in [1.82, 2.24) is 0 Å². The molecule has 0 fully saturated rings.